The molecule has 0 heterocycles. The third-order valence-corrected chi connectivity index (χ3v) is 6.18. The lowest BCUT2D eigenvalue weighted by molar-refractivity contribution is 0.101. The summed E-state index contributed by atoms with van der Waals surface area (Å²) < 4.78 is 28.5. The first-order valence-electron chi connectivity index (χ1n) is 6.05. The van der Waals surface area contributed by atoms with Gasteiger partial charge >= 0.3 is 0 Å². The van der Waals surface area contributed by atoms with Crippen LogP contribution in [0.5, 0.6) is 0 Å². The van der Waals surface area contributed by atoms with Crippen LogP contribution in [0, 0.1) is 0 Å². The second-order valence-electron chi connectivity index (χ2n) is 4.65. The van der Waals surface area contributed by atoms with Gasteiger partial charge < -0.3 is 5.11 Å². The van der Waals surface area contributed by atoms with Crippen molar-refractivity contribution >= 4 is 41.9 Å². The third-order valence-electron chi connectivity index (χ3n) is 3.22. The van der Waals surface area contributed by atoms with Gasteiger partial charge in [0, 0.05) is 15.0 Å². The molecule has 0 radical (unpaired) electrons. The minimum Gasteiger partial charge on any atom is -0.391 e. The van der Waals surface area contributed by atoms with E-state index in [0.717, 1.165) is 17.3 Å². The van der Waals surface area contributed by atoms with Crippen LogP contribution in [0.15, 0.2) is 32.0 Å². The van der Waals surface area contributed by atoms with Gasteiger partial charge in [-0.1, -0.05) is 28.8 Å². The summed E-state index contributed by atoms with van der Waals surface area (Å²) in [6, 6.07) is 4.50. The zero-order valence-electron chi connectivity index (χ0n) is 10.1. The molecule has 1 saturated carbocycles. The fourth-order valence-corrected chi connectivity index (χ4v) is 5.25. The van der Waals surface area contributed by atoms with E-state index in [2.05, 4.69) is 36.6 Å². The van der Waals surface area contributed by atoms with Gasteiger partial charge in [-0.05, 0) is 47.0 Å². The van der Waals surface area contributed by atoms with E-state index in [9.17, 15) is 13.5 Å². The molecule has 2 rings (SSSR count). The number of aliphatic hydroxyl groups is 1. The van der Waals surface area contributed by atoms with Gasteiger partial charge in [-0.25, -0.2) is 13.1 Å². The first kappa shape index (κ1) is 15.4. The molecule has 4 nitrogen and oxygen atoms in total. The van der Waals surface area contributed by atoms with Crippen LogP contribution in [0.25, 0.3) is 0 Å². The number of halogens is 2. The highest BCUT2D eigenvalue weighted by Crippen LogP contribution is 2.27. The molecule has 0 unspecified atom stereocenters. The zero-order valence-corrected chi connectivity index (χ0v) is 14.1. The summed E-state index contributed by atoms with van der Waals surface area (Å²) in [5.74, 6) is 0. The van der Waals surface area contributed by atoms with Crippen molar-refractivity contribution in [2.24, 2.45) is 0 Å². The zero-order chi connectivity index (χ0) is 14.0. The maximum Gasteiger partial charge on any atom is 0.242 e. The summed E-state index contributed by atoms with van der Waals surface area (Å²) >= 11 is 6.54. The van der Waals surface area contributed by atoms with Crippen LogP contribution in [0.4, 0.5) is 0 Å². The molecule has 19 heavy (non-hydrogen) atoms. The van der Waals surface area contributed by atoms with Gasteiger partial charge in [-0.2, -0.15) is 0 Å². The third kappa shape index (κ3) is 3.78. The van der Waals surface area contributed by atoms with Gasteiger partial charge in [0.2, 0.25) is 10.0 Å². The Kier molecular flexibility index (Phi) is 5.05. The highest BCUT2D eigenvalue weighted by Gasteiger charge is 2.29. The molecule has 0 spiro atoms. The quantitative estimate of drug-likeness (QED) is 0.802. The lowest BCUT2D eigenvalue weighted by Gasteiger charge is -2.28. The van der Waals surface area contributed by atoms with Gasteiger partial charge in [0.1, 0.15) is 0 Å². The summed E-state index contributed by atoms with van der Waals surface area (Å²) in [6.45, 7) is 0. The summed E-state index contributed by atoms with van der Waals surface area (Å²) in [5, 5.41) is 9.85. The number of benzene rings is 1. The molecule has 1 aromatic carbocycles. The summed E-state index contributed by atoms with van der Waals surface area (Å²) in [6.07, 6.45) is 2.61. The van der Waals surface area contributed by atoms with Crippen molar-refractivity contribution in [2.75, 3.05) is 0 Å². The van der Waals surface area contributed by atoms with Gasteiger partial charge in [0.15, 0.2) is 0 Å². The number of rotatable bonds is 3. The summed E-state index contributed by atoms with van der Waals surface area (Å²) in [5.41, 5.74) is 0. The second-order valence-corrected chi connectivity index (χ2v) is 8.11. The summed E-state index contributed by atoms with van der Waals surface area (Å²) in [7, 11) is -3.62. The minimum atomic E-state index is -3.62. The minimum absolute atomic E-state index is 0.188. The van der Waals surface area contributed by atoms with Crippen molar-refractivity contribution in [3.63, 3.8) is 0 Å². The maximum atomic E-state index is 12.3. The first-order chi connectivity index (χ1) is 8.90. The van der Waals surface area contributed by atoms with Crippen molar-refractivity contribution in [1.82, 2.24) is 4.72 Å². The molecule has 2 N–H and O–H groups in total. The number of sulfonamides is 1. The Bertz CT molecular complexity index is 562. The number of aliphatic hydroxyl groups excluding tert-OH is 1. The molecular formula is C12H15Br2NO3S. The Labute approximate surface area is 129 Å². The van der Waals surface area contributed by atoms with E-state index >= 15 is 0 Å². The lowest BCUT2D eigenvalue weighted by atomic mass is 9.93. The van der Waals surface area contributed by atoms with E-state index in [4.69, 9.17) is 0 Å². The Hall–Kier alpha value is 0.0500. The van der Waals surface area contributed by atoms with Crippen LogP contribution in [0.1, 0.15) is 25.7 Å². The van der Waals surface area contributed by atoms with E-state index < -0.39 is 22.2 Å². The average molecular weight is 413 g/mol. The van der Waals surface area contributed by atoms with Crippen LogP contribution >= 0.6 is 31.9 Å². The Balaban J connectivity index is 2.22. The molecule has 106 valence electrons. The highest BCUT2D eigenvalue weighted by molar-refractivity contribution is 9.11. The predicted molar refractivity (Wildman–Crippen MR) is 80.4 cm³/mol. The van der Waals surface area contributed by atoms with E-state index in [1.165, 1.54) is 6.07 Å². The molecular weight excluding hydrogens is 398 g/mol. The van der Waals surface area contributed by atoms with Gasteiger partial charge in [-0.15, -0.1) is 0 Å². The lowest BCUT2D eigenvalue weighted by Crippen LogP contribution is -2.45. The van der Waals surface area contributed by atoms with Crippen LogP contribution in [0.2, 0.25) is 0 Å². The van der Waals surface area contributed by atoms with Crippen molar-refractivity contribution in [1.29, 1.82) is 0 Å². The number of hydrogen-bond donors (Lipinski definition) is 2. The van der Waals surface area contributed by atoms with Crippen LogP contribution < -0.4 is 4.72 Å². The van der Waals surface area contributed by atoms with E-state index in [0.29, 0.717) is 17.3 Å². The Morgan fingerprint density at radius 2 is 1.89 bits per heavy atom. The molecule has 0 aliphatic heterocycles. The van der Waals surface area contributed by atoms with E-state index in [1.54, 1.807) is 12.1 Å². The monoisotopic (exact) mass is 411 g/mol. The predicted octanol–water partition coefficient (Wildman–Crippen LogP) is 2.79. The molecule has 2 atom stereocenters. The van der Waals surface area contributed by atoms with E-state index in [1.807, 2.05) is 0 Å². The first-order valence-corrected chi connectivity index (χ1v) is 9.12. The van der Waals surface area contributed by atoms with Gasteiger partial charge in [-0.3, -0.25) is 0 Å². The number of hydrogen-bond acceptors (Lipinski definition) is 3. The van der Waals surface area contributed by atoms with Crippen LogP contribution in [0.3, 0.4) is 0 Å². The topological polar surface area (TPSA) is 66.4 Å². The Morgan fingerprint density at radius 3 is 2.53 bits per heavy atom. The smallest absolute Gasteiger partial charge is 0.242 e. The molecule has 0 bridgehead atoms. The molecule has 0 saturated heterocycles. The molecule has 7 heteroatoms. The van der Waals surface area contributed by atoms with Crippen molar-refractivity contribution in [3.8, 4) is 0 Å². The van der Waals surface area contributed by atoms with Crippen molar-refractivity contribution in [3.05, 3.63) is 27.1 Å². The SMILES string of the molecule is O=S(=O)(N[C@@H]1CCCC[C@H]1O)c1ccc(Br)cc1Br. The molecule has 1 aliphatic rings. The maximum absolute atomic E-state index is 12.3. The second kappa shape index (κ2) is 6.22. The molecule has 0 amide bonds. The molecule has 0 aromatic heterocycles. The fraction of sp³-hybridized carbons (Fsp3) is 0.500. The Morgan fingerprint density at radius 1 is 1.21 bits per heavy atom. The largest absolute Gasteiger partial charge is 0.391 e. The fourth-order valence-electron chi connectivity index (χ4n) is 2.20. The van der Waals surface area contributed by atoms with Crippen LogP contribution in [-0.2, 0) is 10.0 Å². The highest BCUT2D eigenvalue weighted by atomic mass is 79.9. The van der Waals surface area contributed by atoms with Crippen molar-refractivity contribution < 1.29 is 13.5 Å². The van der Waals surface area contributed by atoms with Crippen molar-refractivity contribution in [2.45, 2.75) is 42.7 Å². The normalized spacial score (nSPS) is 24.4. The van der Waals surface area contributed by atoms with Gasteiger partial charge in [0.05, 0.1) is 11.0 Å². The molecule has 1 aliphatic carbocycles. The molecule has 1 aromatic rings. The standard InChI is InChI=1S/C12H15Br2NO3S/c13-8-5-6-12(9(14)7-8)19(17,18)15-10-3-1-2-4-11(10)16/h5-7,10-11,15-16H,1-4H2/t10-,11-/m1/s1. The summed E-state index contributed by atoms with van der Waals surface area (Å²) in [4.78, 5) is 0.188. The van der Waals surface area contributed by atoms with Crippen LogP contribution in [-0.4, -0.2) is 25.7 Å². The van der Waals surface area contributed by atoms with Gasteiger partial charge in [0.25, 0.3) is 0 Å². The van der Waals surface area contributed by atoms with E-state index in [-0.39, 0.29) is 4.90 Å². The molecule has 1 fully saturated rings. The number of nitrogens with one attached hydrogen (secondary N) is 1. The average Bonchev–Trinajstić information content (AvgIpc) is 2.31.